The molecule has 0 saturated heterocycles. The largest absolute Gasteiger partial charge is 0.348 e. The van der Waals surface area contributed by atoms with Gasteiger partial charge in [-0.3, -0.25) is 4.79 Å². The summed E-state index contributed by atoms with van der Waals surface area (Å²) in [6, 6.07) is 0.547. The first-order valence-electron chi connectivity index (χ1n) is 4.57. The number of aromatic nitrogens is 4. The smallest absolute Gasteiger partial charge is 0.234 e. The fraction of sp³-hybridized carbons (Fsp3) is 0.714. The Morgan fingerprint density at radius 2 is 2.43 bits per heavy atom. The van der Waals surface area contributed by atoms with E-state index in [4.69, 9.17) is 0 Å². The molecule has 0 spiro atoms. The standard InChI is InChI=1S/C7H12N6O/c14-7(4-8-5-1-2-5)9-3-6-10-12-13-11-6/h5,8H,1-4H2,(H,9,14)(H,10,11,12,13). The topological polar surface area (TPSA) is 95.6 Å². The summed E-state index contributed by atoms with van der Waals surface area (Å²) in [5.41, 5.74) is 0. The predicted octanol–water partition coefficient (Wildman–Crippen LogP) is -1.43. The molecular weight excluding hydrogens is 184 g/mol. The first-order valence-corrected chi connectivity index (χ1v) is 4.57. The van der Waals surface area contributed by atoms with Crippen LogP contribution >= 0.6 is 0 Å². The Bertz CT molecular complexity index is 293. The molecule has 1 fully saturated rings. The van der Waals surface area contributed by atoms with E-state index in [-0.39, 0.29) is 5.91 Å². The van der Waals surface area contributed by atoms with Gasteiger partial charge in [-0.1, -0.05) is 5.21 Å². The second kappa shape index (κ2) is 4.14. The van der Waals surface area contributed by atoms with Crippen LogP contribution in [0.2, 0.25) is 0 Å². The van der Waals surface area contributed by atoms with E-state index < -0.39 is 0 Å². The molecule has 7 heteroatoms. The first-order chi connectivity index (χ1) is 6.84. The molecule has 1 saturated carbocycles. The molecule has 0 atom stereocenters. The van der Waals surface area contributed by atoms with Crippen molar-refractivity contribution < 1.29 is 4.79 Å². The van der Waals surface area contributed by atoms with Crippen molar-refractivity contribution in [2.45, 2.75) is 25.4 Å². The van der Waals surface area contributed by atoms with Crippen molar-refractivity contribution in [3.05, 3.63) is 5.82 Å². The lowest BCUT2D eigenvalue weighted by Gasteiger charge is -2.02. The van der Waals surface area contributed by atoms with Crippen molar-refractivity contribution in [1.82, 2.24) is 31.3 Å². The molecule has 7 nitrogen and oxygen atoms in total. The van der Waals surface area contributed by atoms with Crippen molar-refractivity contribution in [3.8, 4) is 0 Å². The third-order valence-corrected chi connectivity index (χ3v) is 1.96. The molecule has 1 aromatic heterocycles. The lowest BCUT2D eigenvalue weighted by atomic mass is 10.5. The van der Waals surface area contributed by atoms with Gasteiger partial charge in [-0.2, -0.15) is 5.21 Å². The summed E-state index contributed by atoms with van der Waals surface area (Å²) in [5, 5.41) is 18.9. The fourth-order valence-electron chi connectivity index (χ4n) is 1.02. The summed E-state index contributed by atoms with van der Waals surface area (Å²) in [7, 11) is 0. The number of nitrogens with one attached hydrogen (secondary N) is 3. The monoisotopic (exact) mass is 196 g/mol. The summed E-state index contributed by atoms with van der Waals surface area (Å²) in [6.45, 7) is 0.685. The van der Waals surface area contributed by atoms with Gasteiger partial charge in [-0.15, -0.1) is 10.2 Å². The molecule has 1 amide bonds. The Hall–Kier alpha value is -1.50. The molecule has 0 unspecified atom stereocenters. The van der Waals surface area contributed by atoms with Crippen LogP contribution in [0.3, 0.4) is 0 Å². The molecular formula is C7H12N6O. The molecule has 1 heterocycles. The van der Waals surface area contributed by atoms with E-state index in [0.717, 1.165) is 0 Å². The van der Waals surface area contributed by atoms with Crippen LogP contribution in [-0.2, 0) is 11.3 Å². The van der Waals surface area contributed by atoms with E-state index in [1.54, 1.807) is 0 Å². The number of carbonyl (C=O) groups is 1. The quantitative estimate of drug-likeness (QED) is 0.536. The van der Waals surface area contributed by atoms with E-state index in [2.05, 4.69) is 31.3 Å². The molecule has 1 aliphatic rings. The van der Waals surface area contributed by atoms with Crippen LogP contribution in [0.5, 0.6) is 0 Å². The molecule has 0 bridgehead atoms. The number of aromatic amines is 1. The minimum atomic E-state index is -0.0401. The van der Waals surface area contributed by atoms with Crippen molar-refractivity contribution in [1.29, 1.82) is 0 Å². The van der Waals surface area contributed by atoms with Gasteiger partial charge in [0.2, 0.25) is 5.91 Å². The Labute approximate surface area is 80.6 Å². The average molecular weight is 196 g/mol. The Kier molecular flexibility index (Phi) is 2.68. The van der Waals surface area contributed by atoms with Gasteiger partial charge in [0.15, 0.2) is 5.82 Å². The van der Waals surface area contributed by atoms with E-state index in [0.29, 0.717) is 25.0 Å². The molecule has 0 radical (unpaired) electrons. The minimum absolute atomic E-state index is 0.0401. The van der Waals surface area contributed by atoms with Crippen LogP contribution in [0.15, 0.2) is 0 Å². The second-order valence-corrected chi connectivity index (χ2v) is 3.26. The molecule has 76 valence electrons. The molecule has 0 aromatic carbocycles. The Morgan fingerprint density at radius 3 is 3.07 bits per heavy atom. The van der Waals surface area contributed by atoms with Crippen molar-refractivity contribution in [2.75, 3.05) is 6.54 Å². The van der Waals surface area contributed by atoms with Gasteiger partial charge >= 0.3 is 0 Å². The summed E-state index contributed by atoms with van der Waals surface area (Å²) >= 11 is 0. The number of H-pyrrole nitrogens is 1. The number of nitrogens with zero attached hydrogens (tertiary/aromatic N) is 3. The van der Waals surface area contributed by atoms with Crippen LogP contribution in [0, 0.1) is 0 Å². The van der Waals surface area contributed by atoms with Crippen molar-refractivity contribution in [2.24, 2.45) is 0 Å². The van der Waals surface area contributed by atoms with E-state index in [1.807, 2.05) is 0 Å². The van der Waals surface area contributed by atoms with Gasteiger partial charge in [-0.25, -0.2) is 0 Å². The first kappa shape index (κ1) is 9.07. The molecule has 0 aliphatic heterocycles. The van der Waals surface area contributed by atoms with Crippen LogP contribution in [0.1, 0.15) is 18.7 Å². The van der Waals surface area contributed by atoms with Crippen LogP contribution in [0.25, 0.3) is 0 Å². The van der Waals surface area contributed by atoms with Gasteiger partial charge in [0, 0.05) is 6.04 Å². The van der Waals surface area contributed by atoms with Crippen LogP contribution in [-0.4, -0.2) is 39.1 Å². The van der Waals surface area contributed by atoms with Gasteiger partial charge in [0.1, 0.15) is 0 Å². The average Bonchev–Trinajstić information content (AvgIpc) is 2.87. The number of carbonyl (C=O) groups excluding carboxylic acids is 1. The fourth-order valence-corrected chi connectivity index (χ4v) is 1.02. The summed E-state index contributed by atoms with van der Waals surface area (Å²) in [6.07, 6.45) is 2.36. The maximum atomic E-state index is 11.2. The Morgan fingerprint density at radius 1 is 1.57 bits per heavy atom. The van der Waals surface area contributed by atoms with E-state index in [9.17, 15) is 4.79 Å². The molecule has 1 aromatic rings. The van der Waals surface area contributed by atoms with Crippen LogP contribution in [0.4, 0.5) is 0 Å². The zero-order valence-corrected chi connectivity index (χ0v) is 7.66. The zero-order chi connectivity index (χ0) is 9.80. The Balaban J connectivity index is 1.62. The number of tetrazole rings is 1. The van der Waals surface area contributed by atoms with Crippen molar-refractivity contribution >= 4 is 5.91 Å². The highest BCUT2D eigenvalue weighted by atomic mass is 16.1. The highest BCUT2D eigenvalue weighted by Crippen LogP contribution is 2.17. The number of amides is 1. The SMILES string of the molecule is O=C(CNC1CC1)NCc1nn[nH]n1. The van der Waals surface area contributed by atoms with E-state index >= 15 is 0 Å². The maximum absolute atomic E-state index is 11.2. The summed E-state index contributed by atoms with van der Waals surface area (Å²) < 4.78 is 0. The third kappa shape index (κ3) is 2.77. The lowest BCUT2D eigenvalue weighted by Crippen LogP contribution is -2.34. The molecule has 14 heavy (non-hydrogen) atoms. The lowest BCUT2D eigenvalue weighted by molar-refractivity contribution is -0.120. The van der Waals surface area contributed by atoms with Gasteiger partial charge in [-0.05, 0) is 12.8 Å². The molecule has 1 aliphatic carbocycles. The zero-order valence-electron chi connectivity index (χ0n) is 7.66. The van der Waals surface area contributed by atoms with E-state index in [1.165, 1.54) is 12.8 Å². The van der Waals surface area contributed by atoms with Gasteiger partial charge < -0.3 is 10.6 Å². The third-order valence-electron chi connectivity index (χ3n) is 1.96. The predicted molar refractivity (Wildman–Crippen MR) is 47.0 cm³/mol. The summed E-state index contributed by atoms with van der Waals surface area (Å²) in [5.74, 6) is 0.450. The number of rotatable bonds is 5. The van der Waals surface area contributed by atoms with Gasteiger partial charge in [0.25, 0.3) is 0 Å². The molecule has 3 N–H and O–H groups in total. The highest BCUT2D eigenvalue weighted by Gasteiger charge is 2.20. The van der Waals surface area contributed by atoms with Crippen molar-refractivity contribution in [3.63, 3.8) is 0 Å². The second-order valence-electron chi connectivity index (χ2n) is 3.26. The molecule has 2 rings (SSSR count). The van der Waals surface area contributed by atoms with Gasteiger partial charge in [0.05, 0.1) is 13.1 Å². The number of hydrogen-bond donors (Lipinski definition) is 3. The summed E-state index contributed by atoms with van der Waals surface area (Å²) in [4.78, 5) is 11.2. The normalized spacial score (nSPS) is 15.4. The number of hydrogen-bond acceptors (Lipinski definition) is 5. The minimum Gasteiger partial charge on any atom is -0.348 e. The van der Waals surface area contributed by atoms with Crippen LogP contribution < -0.4 is 10.6 Å². The maximum Gasteiger partial charge on any atom is 0.234 e. The highest BCUT2D eigenvalue weighted by molar-refractivity contribution is 5.77.